The van der Waals surface area contributed by atoms with E-state index in [1.54, 1.807) is 36.4 Å². The van der Waals surface area contributed by atoms with E-state index < -0.39 is 9.84 Å². The van der Waals surface area contributed by atoms with Gasteiger partial charge < -0.3 is 9.13 Å². The minimum absolute atomic E-state index is 0.276. The monoisotopic (exact) mass is 644 g/mol. The van der Waals surface area contributed by atoms with Gasteiger partial charge in [-0.2, -0.15) is 0 Å². The molecule has 6 aromatic rings. The fourth-order valence-corrected chi connectivity index (χ4v) is 9.33. The molecule has 0 bridgehead atoms. The molecule has 2 aromatic heterocycles. The minimum Gasteiger partial charge on any atom is -0.350 e. The van der Waals surface area contributed by atoms with Gasteiger partial charge in [0.15, 0.2) is 0 Å². The van der Waals surface area contributed by atoms with Gasteiger partial charge in [0.2, 0.25) is 9.84 Å². The third kappa shape index (κ3) is 4.95. The lowest BCUT2D eigenvalue weighted by Crippen LogP contribution is -2.06. The number of fused-ring (bicyclic) bond motifs is 2. The fourth-order valence-electron chi connectivity index (χ4n) is 7.64. The van der Waals surface area contributed by atoms with Gasteiger partial charge in [0.25, 0.3) is 0 Å². The van der Waals surface area contributed by atoms with Crippen LogP contribution in [0.2, 0.25) is 0 Å². The molecule has 47 heavy (non-hydrogen) atoms. The van der Waals surface area contributed by atoms with Gasteiger partial charge in [-0.05, 0) is 109 Å². The molecule has 0 radical (unpaired) electrons. The Morgan fingerprint density at radius 2 is 0.936 bits per heavy atom. The van der Waals surface area contributed by atoms with Crippen LogP contribution in [0.3, 0.4) is 0 Å². The molecule has 236 valence electrons. The third-order valence-electron chi connectivity index (χ3n) is 9.82. The Bertz CT molecular complexity index is 2140. The maximum atomic E-state index is 14.2. The second-order valence-corrected chi connectivity index (χ2v) is 14.7. The van der Waals surface area contributed by atoms with Crippen molar-refractivity contribution in [1.29, 1.82) is 0 Å². The first-order chi connectivity index (χ1) is 22.7. The zero-order valence-corrected chi connectivity index (χ0v) is 27.2. The van der Waals surface area contributed by atoms with Crippen LogP contribution in [-0.2, 0) is 35.8 Å². The molecule has 0 amide bonds. The molecule has 0 fully saturated rings. The molecule has 0 N–H and O–H groups in total. The van der Waals surface area contributed by atoms with Crippen molar-refractivity contribution >= 4 is 9.84 Å². The van der Waals surface area contributed by atoms with Gasteiger partial charge in [-0.15, -0.1) is 0 Å². The van der Waals surface area contributed by atoms with E-state index in [0.717, 1.165) is 83.3 Å². The molecular weight excluding hydrogens is 611 g/mol. The van der Waals surface area contributed by atoms with Crippen molar-refractivity contribution in [3.63, 3.8) is 0 Å². The highest BCUT2D eigenvalue weighted by atomic mass is 32.2. The summed E-state index contributed by atoms with van der Waals surface area (Å²) in [6.45, 7) is 5.57. The maximum Gasteiger partial charge on any atom is 0.207 e. The van der Waals surface area contributed by atoms with Gasteiger partial charge in [0.1, 0.15) is 11.6 Å². The fraction of sp³-hybridized carbons (Fsp3) is 0.200. The van der Waals surface area contributed by atoms with E-state index in [4.69, 9.17) is 0 Å². The summed E-state index contributed by atoms with van der Waals surface area (Å²) in [5, 5.41) is 0. The van der Waals surface area contributed by atoms with E-state index in [-0.39, 0.29) is 21.4 Å². The van der Waals surface area contributed by atoms with Crippen molar-refractivity contribution in [3.8, 4) is 44.5 Å². The topological polar surface area (TPSA) is 44.0 Å². The predicted octanol–water partition coefficient (Wildman–Crippen LogP) is 9.58. The average molecular weight is 645 g/mol. The van der Waals surface area contributed by atoms with Crippen molar-refractivity contribution < 1.29 is 17.2 Å². The van der Waals surface area contributed by atoms with Crippen LogP contribution in [0.25, 0.3) is 44.5 Å². The van der Waals surface area contributed by atoms with E-state index in [0.29, 0.717) is 11.1 Å². The molecule has 2 aliphatic rings. The SMILES string of the molecule is Cc1cc(-c2c(-c3ccc(F)cc3)cn3c2CCC3)ccc1S(=O)(=O)c1ccc(-c2c(-c3ccc(F)cc3)cn3c2CCC3)cc1C. The molecule has 7 heteroatoms. The summed E-state index contributed by atoms with van der Waals surface area (Å²) in [7, 11) is -3.82. The number of aryl methyl sites for hydroxylation is 4. The molecule has 2 aliphatic heterocycles. The van der Waals surface area contributed by atoms with Crippen molar-refractivity contribution in [1.82, 2.24) is 9.13 Å². The first kappa shape index (κ1) is 29.6. The minimum atomic E-state index is -3.82. The molecule has 0 saturated carbocycles. The molecule has 4 heterocycles. The van der Waals surface area contributed by atoms with Crippen molar-refractivity contribution in [2.24, 2.45) is 0 Å². The summed E-state index contributed by atoms with van der Waals surface area (Å²) in [5.41, 5.74) is 11.8. The largest absolute Gasteiger partial charge is 0.350 e. The van der Waals surface area contributed by atoms with Crippen LogP contribution >= 0.6 is 0 Å². The number of nitrogens with zero attached hydrogens (tertiary/aromatic N) is 2. The Labute approximate surface area is 273 Å². The molecule has 8 rings (SSSR count). The quantitative estimate of drug-likeness (QED) is 0.181. The second-order valence-electron chi connectivity index (χ2n) is 12.8. The maximum absolute atomic E-state index is 14.2. The van der Waals surface area contributed by atoms with Gasteiger partial charge in [0.05, 0.1) is 9.79 Å². The van der Waals surface area contributed by atoms with E-state index >= 15 is 0 Å². The van der Waals surface area contributed by atoms with E-state index in [9.17, 15) is 17.2 Å². The normalized spacial score (nSPS) is 14.0. The number of aromatic nitrogens is 2. The summed E-state index contributed by atoms with van der Waals surface area (Å²) in [5.74, 6) is -0.552. The summed E-state index contributed by atoms with van der Waals surface area (Å²) in [4.78, 5) is 0.570. The van der Waals surface area contributed by atoms with Crippen LogP contribution < -0.4 is 0 Å². The predicted molar refractivity (Wildman–Crippen MR) is 182 cm³/mol. The smallest absolute Gasteiger partial charge is 0.207 e. The molecule has 4 nitrogen and oxygen atoms in total. The Hall–Kier alpha value is -4.75. The first-order valence-electron chi connectivity index (χ1n) is 16.1. The van der Waals surface area contributed by atoms with Crippen LogP contribution in [0.4, 0.5) is 8.78 Å². The lowest BCUT2D eigenvalue weighted by Gasteiger charge is -2.15. The molecule has 4 aromatic carbocycles. The lowest BCUT2D eigenvalue weighted by atomic mass is 9.94. The number of halogens is 2. The Morgan fingerprint density at radius 1 is 0.553 bits per heavy atom. The first-order valence-corrected chi connectivity index (χ1v) is 17.6. The summed E-state index contributed by atoms with van der Waals surface area (Å²) in [6.07, 6.45) is 8.27. The van der Waals surface area contributed by atoms with Crippen LogP contribution in [0.5, 0.6) is 0 Å². The standard InChI is InChI=1S/C40H34F2N2O2S/c1-25-21-29(39-33(23-43-19-3-5-35(39)43)27-7-13-31(41)14-8-27)11-17-37(25)47(45,46)38-18-12-30(22-26(38)2)40-34(24-44-20-4-6-36(40)44)28-9-15-32(42)16-10-28/h7-18,21-24H,3-6,19-20H2,1-2H3. The van der Waals surface area contributed by atoms with E-state index in [1.165, 1.54) is 35.7 Å². The molecule has 0 atom stereocenters. The number of hydrogen-bond acceptors (Lipinski definition) is 2. The number of rotatable bonds is 6. The Balaban J connectivity index is 1.17. The number of sulfone groups is 1. The molecule has 0 unspecified atom stereocenters. The van der Waals surface area contributed by atoms with E-state index in [2.05, 4.69) is 21.5 Å². The second kappa shape index (κ2) is 11.2. The van der Waals surface area contributed by atoms with Crippen LogP contribution in [0.1, 0.15) is 35.4 Å². The summed E-state index contributed by atoms with van der Waals surface area (Å²) < 4.78 is 60.4. The highest BCUT2D eigenvalue weighted by Crippen LogP contribution is 2.43. The van der Waals surface area contributed by atoms with Crippen molar-refractivity contribution in [2.75, 3.05) is 0 Å². The third-order valence-corrected chi connectivity index (χ3v) is 11.9. The lowest BCUT2D eigenvalue weighted by molar-refractivity contribution is 0.595. The number of benzene rings is 4. The molecule has 0 aliphatic carbocycles. The van der Waals surface area contributed by atoms with E-state index in [1.807, 2.05) is 38.1 Å². The van der Waals surface area contributed by atoms with Gasteiger partial charge >= 0.3 is 0 Å². The highest BCUT2D eigenvalue weighted by Gasteiger charge is 2.27. The zero-order chi connectivity index (χ0) is 32.4. The Kier molecular flexibility index (Phi) is 7.06. The number of hydrogen-bond donors (Lipinski definition) is 0. The zero-order valence-electron chi connectivity index (χ0n) is 26.4. The van der Waals surface area contributed by atoms with Crippen molar-refractivity contribution in [3.05, 3.63) is 131 Å². The summed E-state index contributed by atoms with van der Waals surface area (Å²) >= 11 is 0. The van der Waals surface area contributed by atoms with Crippen LogP contribution in [-0.4, -0.2) is 17.6 Å². The van der Waals surface area contributed by atoms with Crippen LogP contribution in [0.15, 0.2) is 107 Å². The highest BCUT2D eigenvalue weighted by molar-refractivity contribution is 7.91. The van der Waals surface area contributed by atoms with Gasteiger partial charge in [-0.25, -0.2) is 17.2 Å². The van der Waals surface area contributed by atoms with Crippen LogP contribution in [0, 0.1) is 25.5 Å². The molecule has 0 spiro atoms. The molecule has 0 saturated heterocycles. The van der Waals surface area contributed by atoms with Crippen molar-refractivity contribution in [2.45, 2.75) is 62.4 Å². The van der Waals surface area contributed by atoms with Gasteiger partial charge in [-0.1, -0.05) is 48.5 Å². The summed E-state index contributed by atoms with van der Waals surface area (Å²) in [6, 6.07) is 24.3. The van der Waals surface area contributed by atoms with Gasteiger partial charge in [0, 0.05) is 59.1 Å². The average Bonchev–Trinajstić information content (AvgIpc) is 3.83. The van der Waals surface area contributed by atoms with Gasteiger partial charge in [-0.3, -0.25) is 0 Å². The Morgan fingerprint density at radius 3 is 1.32 bits per heavy atom. The molecular formula is C40H34F2N2O2S.